The van der Waals surface area contributed by atoms with Crippen molar-refractivity contribution in [2.75, 3.05) is 11.1 Å². The SMILES string of the molecule is CCCCCCSc1nnc2c(n1)O[C@H](c1ccccn1)Nc1ccc(Br)cc1-2. The summed E-state index contributed by atoms with van der Waals surface area (Å²) in [6, 6.07) is 11.7. The van der Waals surface area contributed by atoms with Gasteiger partial charge in [0, 0.05) is 27.7 Å². The molecule has 0 fully saturated rings. The normalized spacial score (nSPS) is 14.9. The van der Waals surface area contributed by atoms with Gasteiger partial charge in [-0.15, -0.1) is 10.2 Å². The van der Waals surface area contributed by atoms with Crippen molar-refractivity contribution in [3.05, 3.63) is 52.8 Å². The third-order valence-corrected chi connectivity index (χ3v) is 5.99. The van der Waals surface area contributed by atoms with Crippen molar-refractivity contribution in [2.45, 2.75) is 44.0 Å². The molecule has 2 aromatic heterocycles. The summed E-state index contributed by atoms with van der Waals surface area (Å²) >= 11 is 5.17. The lowest BCUT2D eigenvalue weighted by atomic mass is 10.1. The van der Waals surface area contributed by atoms with Crippen LogP contribution in [0.4, 0.5) is 5.69 Å². The van der Waals surface area contributed by atoms with E-state index in [0.717, 1.165) is 33.6 Å². The number of ether oxygens (including phenoxy) is 1. The average Bonchev–Trinajstić information content (AvgIpc) is 2.90. The van der Waals surface area contributed by atoms with E-state index in [1.807, 2.05) is 36.4 Å². The van der Waals surface area contributed by atoms with Gasteiger partial charge in [-0.3, -0.25) is 4.98 Å². The average molecular weight is 472 g/mol. The highest BCUT2D eigenvalue weighted by Crippen LogP contribution is 2.40. The molecular weight excluding hydrogens is 450 g/mol. The number of thioether (sulfide) groups is 1. The van der Waals surface area contributed by atoms with Crippen LogP contribution in [0.2, 0.25) is 0 Å². The van der Waals surface area contributed by atoms with Crippen LogP contribution in [0, 0.1) is 0 Å². The summed E-state index contributed by atoms with van der Waals surface area (Å²) < 4.78 is 7.19. The number of nitrogens with zero attached hydrogens (tertiary/aromatic N) is 4. The Bertz CT molecular complexity index is 973. The second-order valence-electron chi connectivity index (χ2n) is 6.74. The van der Waals surface area contributed by atoms with Gasteiger partial charge in [0.05, 0.1) is 0 Å². The minimum Gasteiger partial charge on any atom is -0.446 e. The molecule has 0 saturated heterocycles. The number of rotatable bonds is 7. The number of unbranched alkanes of at least 4 members (excludes halogenated alkanes) is 3. The van der Waals surface area contributed by atoms with Gasteiger partial charge in [-0.25, -0.2) is 0 Å². The van der Waals surface area contributed by atoms with Crippen LogP contribution in [-0.4, -0.2) is 25.9 Å². The van der Waals surface area contributed by atoms with E-state index in [-0.39, 0.29) is 0 Å². The topological polar surface area (TPSA) is 72.8 Å². The monoisotopic (exact) mass is 471 g/mol. The van der Waals surface area contributed by atoms with Crippen molar-refractivity contribution in [1.82, 2.24) is 20.2 Å². The predicted octanol–water partition coefficient (Wildman–Crippen LogP) is 5.87. The predicted molar refractivity (Wildman–Crippen MR) is 119 cm³/mol. The maximum atomic E-state index is 6.24. The molecule has 29 heavy (non-hydrogen) atoms. The number of fused-ring (bicyclic) bond motifs is 3. The van der Waals surface area contributed by atoms with Gasteiger partial charge < -0.3 is 10.1 Å². The highest BCUT2D eigenvalue weighted by molar-refractivity contribution is 9.10. The number of pyridine rings is 1. The first-order chi connectivity index (χ1) is 14.2. The lowest BCUT2D eigenvalue weighted by Crippen LogP contribution is -2.18. The molecule has 150 valence electrons. The lowest BCUT2D eigenvalue weighted by Gasteiger charge is -2.18. The Balaban J connectivity index is 1.65. The van der Waals surface area contributed by atoms with Crippen LogP contribution in [0.15, 0.2) is 52.2 Å². The molecule has 0 aliphatic carbocycles. The number of anilines is 1. The molecule has 0 spiro atoms. The van der Waals surface area contributed by atoms with Crippen molar-refractivity contribution >= 4 is 33.4 Å². The van der Waals surface area contributed by atoms with Gasteiger partial charge in [-0.05, 0) is 36.8 Å². The fourth-order valence-corrected chi connectivity index (χ4v) is 4.23. The van der Waals surface area contributed by atoms with Crippen LogP contribution >= 0.6 is 27.7 Å². The van der Waals surface area contributed by atoms with Crippen molar-refractivity contribution in [3.63, 3.8) is 0 Å². The molecule has 3 heterocycles. The summed E-state index contributed by atoms with van der Waals surface area (Å²) in [4.78, 5) is 9.12. The molecule has 1 atom stereocenters. The molecular formula is C21H22BrN5OS. The number of hydrogen-bond donors (Lipinski definition) is 1. The molecule has 4 rings (SSSR count). The Morgan fingerprint density at radius 2 is 2.07 bits per heavy atom. The van der Waals surface area contributed by atoms with Gasteiger partial charge in [0.15, 0.2) is 5.69 Å². The van der Waals surface area contributed by atoms with E-state index in [0.29, 0.717) is 16.7 Å². The van der Waals surface area contributed by atoms with Crippen LogP contribution in [0.5, 0.6) is 5.88 Å². The zero-order valence-electron chi connectivity index (χ0n) is 16.1. The summed E-state index contributed by atoms with van der Waals surface area (Å²) in [5.74, 6) is 1.45. The van der Waals surface area contributed by atoms with Crippen LogP contribution in [0.3, 0.4) is 0 Å². The summed E-state index contributed by atoms with van der Waals surface area (Å²) in [5.41, 5.74) is 3.20. The van der Waals surface area contributed by atoms with Crippen molar-refractivity contribution < 1.29 is 4.74 Å². The molecule has 8 heteroatoms. The standard InChI is InChI=1S/C21H22BrN5OS/c1-2-3-4-7-12-29-21-25-20-18(26-27-21)15-13-14(22)9-10-16(15)24-19(28-20)17-8-5-6-11-23-17/h5-6,8-11,13,19,24H,2-4,7,12H2,1H3/t19-/m1/s1. The van der Waals surface area contributed by atoms with Crippen molar-refractivity contribution in [1.29, 1.82) is 0 Å². The van der Waals surface area contributed by atoms with E-state index in [2.05, 4.69) is 48.3 Å². The van der Waals surface area contributed by atoms with Crippen LogP contribution < -0.4 is 10.1 Å². The lowest BCUT2D eigenvalue weighted by molar-refractivity contribution is 0.220. The summed E-state index contributed by atoms with van der Waals surface area (Å²) in [6.07, 6.45) is 6.16. The molecule has 6 nitrogen and oxygen atoms in total. The first kappa shape index (κ1) is 20.1. The van der Waals surface area contributed by atoms with Gasteiger partial charge >= 0.3 is 0 Å². The molecule has 0 saturated carbocycles. The largest absolute Gasteiger partial charge is 0.446 e. The molecule has 0 radical (unpaired) electrons. The Morgan fingerprint density at radius 3 is 2.90 bits per heavy atom. The van der Waals surface area contributed by atoms with E-state index >= 15 is 0 Å². The molecule has 3 aromatic rings. The Labute approximate surface area is 183 Å². The summed E-state index contributed by atoms with van der Waals surface area (Å²) in [7, 11) is 0. The van der Waals surface area contributed by atoms with E-state index < -0.39 is 6.23 Å². The second kappa shape index (κ2) is 9.54. The maximum absolute atomic E-state index is 6.24. The fraction of sp³-hybridized carbons (Fsp3) is 0.333. The van der Waals surface area contributed by atoms with Crippen LogP contribution in [0.25, 0.3) is 11.3 Å². The number of nitrogens with one attached hydrogen (secondary N) is 1. The maximum Gasteiger partial charge on any atom is 0.247 e. The molecule has 0 bridgehead atoms. The Kier molecular flexibility index (Phi) is 6.61. The van der Waals surface area contributed by atoms with Gasteiger partial charge in [0.1, 0.15) is 5.69 Å². The first-order valence-corrected chi connectivity index (χ1v) is 11.5. The van der Waals surface area contributed by atoms with Crippen molar-refractivity contribution in [2.24, 2.45) is 0 Å². The third-order valence-electron chi connectivity index (χ3n) is 4.57. The van der Waals surface area contributed by atoms with E-state index in [9.17, 15) is 0 Å². The highest BCUT2D eigenvalue weighted by atomic mass is 79.9. The molecule has 1 aliphatic heterocycles. The van der Waals surface area contributed by atoms with E-state index in [1.165, 1.54) is 19.3 Å². The zero-order chi connectivity index (χ0) is 20.1. The molecule has 1 aromatic carbocycles. The minimum absolute atomic E-state index is 0.462. The third kappa shape index (κ3) is 4.87. The Hall–Kier alpha value is -2.19. The zero-order valence-corrected chi connectivity index (χ0v) is 18.5. The highest BCUT2D eigenvalue weighted by Gasteiger charge is 2.27. The fourth-order valence-electron chi connectivity index (χ4n) is 3.09. The molecule has 0 unspecified atom stereocenters. The van der Waals surface area contributed by atoms with Gasteiger partial charge in [0.2, 0.25) is 17.3 Å². The van der Waals surface area contributed by atoms with E-state index in [4.69, 9.17) is 4.74 Å². The molecule has 1 aliphatic rings. The molecule has 0 amide bonds. The Morgan fingerprint density at radius 1 is 1.14 bits per heavy atom. The molecule has 1 N–H and O–H groups in total. The first-order valence-electron chi connectivity index (χ1n) is 9.76. The van der Waals surface area contributed by atoms with E-state index in [1.54, 1.807) is 18.0 Å². The summed E-state index contributed by atoms with van der Waals surface area (Å²) in [6.45, 7) is 2.21. The smallest absolute Gasteiger partial charge is 0.247 e. The van der Waals surface area contributed by atoms with Gasteiger partial charge in [0.25, 0.3) is 0 Å². The number of aromatic nitrogens is 4. The van der Waals surface area contributed by atoms with Gasteiger partial charge in [-0.1, -0.05) is 59.9 Å². The number of halogens is 1. The second-order valence-corrected chi connectivity index (χ2v) is 8.72. The quantitative estimate of drug-likeness (QED) is 0.341. The summed E-state index contributed by atoms with van der Waals surface area (Å²) in [5, 5.41) is 12.9. The van der Waals surface area contributed by atoms with Crippen LogP contribution in [0.1, 0.15) is 44.5 Å². The van der Waals surface area contributed by atoms with Crippen LogP contribution in [-0.2, 0) is 0 Å². The number of benzene rings is 1. The van der Waals surface area contributed by atoms with Crippen molar-refractivity contribution in [3.8, 4) is 17.1 Å². The number of hydrogen-bond acceptors (Lipinski definition) is 7. The van der Waals surface area contributed by atoms with Gasteiger partial charge in [-0.2, -0.15) is 4.98 Å². The minimum atomic E-state index is -0.462.